The smallest absolute Gasteiger partial charge is 0.291 e. The molecule has 3 heteroatoms. The first-order valence-corrected chi connectivity index (χ1v) is 7.60. The molecule has 1 aliphatic heterocycles. The lowest BCUT2D eigenvalue weighted by molar-refractivity contribution is -0.495. The molecule has 3 aliphatic rings. The fourth-order valence-corrected chi connectivity index (χ4v) is 4.26. The van der Waals surface area contributed by atoms with E-state index in [2.05, 4.69) is 24.2 Å². The lowest BCUT2D eigenvalue weighted by Crippen LogP contribution is -2.86. The average molecular weight is 248 g/mol. The highest BCUT2D eigenvalue weighted by atomic mass is 15.1. The topological polar surface area (TPSA) is 52.0 Å². The Kier molecular flexibility index (Phi) is 3.08. The predicted octanol–water partition coefficient (Wildman–Crippen LogP) is 0.864. The van der Waals surface area contributed by atoms with Gasteiger partial charge in [-0.15, -0.1) is 0 Å². The molecule has 0 aromatic rings. The zero-order valence-electron chi connectivity index (χ0n) is 11.6. The third-order valence-corrected chi connectivity index (χ3v) is 5.11. The highest BCUT2D eigenvalue weighted by Gasteiger charge is 2.45. The van der Waals surface area contributed by atoms with Crippen LogP contribution in [0.4, 0.5) is 0 Å². The zero-order chi connectivity index (χ0) is 12.7. The summed E-state index contributed by atoms with van der Waals surface area (Å²) >= 11 is 0. The van der Waals surface area contributed by atoms with Gasteiger partial charge in [-0.2, -0.15) is 0 Å². The summed E-state index contributed by atoms with van der Waals surface area (Å²) in [5.74, 6) is 3.09. The lowest BCUT2D eigenvalue weighted by Gasteiger charge is -2.36. The number of nitrogens with two attached hydrogens (primary N) is 1. The van der Waals surface area contributed by atoms with Gasteiger partial charge >= 0.3 is 5.96 Å². The van der Waals surface area contributed by atoms with E-state index in [1.807, 2.05) is 0 Å². The van der Waals surface area contributed by atoms with E-state index in [1.165, 1.54) is 44.2 Å². The molecule has 0 unspecified atom stereocenters. The van der Waals surface area contributed by atoms with Gasteiger partial charge in [-0.3, -0.25) is 10.7 Å². The quantitative estimate of drug-likeness (QED) is 0.694. The van der Waals surface area contributed by atoms with Gasteiger partial charge in [-0.1, -0.05) is 26.7 Å². The van der Waals surface area contributed by atoms with Crippen molar-refractivity contribution in [2.24, 2.45) is 23.5 Å². The maximum absolute atomic E-state index is 6.02. The molecule has 2 aliphatic carbocycles. The summed E-state index contributed by atoms with van der Waals surface area (Å²) in [4.78, 5) is 3.42. The summed E-state index contributed by atoms with van der Waals surface area (Å²) in [6.45, 7) is 4.71. The Morgan fingerprint density at radius 2 is 2.22 bits per heavy atom. The number of hydrogen-bond acceptors (Lipinski definition) is 2. The van der Waals surface area contributed by atoms with Crippen LogP contribution in [0, 0.1) is 17.8 Å². The Labute approximate surface area is 110 Å². The van der Waals surface area contributed by atoms with Gasteiger partial charge in [0.2, 0.25) is 0 Å². The van der Waals surface area contributed by atoms with E-state index in [0.717, 1.165) is 17.8 Å². The van der Waals surface area contributed by atoms with Crippen molar-refractivity contribution in [3.05, 3.63) is 11.3 Å². The van der Waals surface area contributed by atoms with E-state index < -0.39 is 0 Å². The molecule has 1 fully saturated rings. The Morgan fingerprint density at radius 3 is 3.00 bits per heavy atom. The second-order valence-corrected chi connectivity index (χ2v) is 6.34. The van der Waals surface area contributed by atoms with Gasteiger partial charge in [0.1, 0.15) is 0 Å². The van der Waals surface area contributed by atoms with Crippen LogP contribution < -0.4 is 16.0 Å². The zero-order valence-corrected chi connectivity index (χ0v) is 11.6. The molecule has 4 atom stereocenters. The second kappa shape index (κ2) is 4.60. The van der Waals surface area contributed by atoms with Crippen LogP contribution in [0.2, 0.25) is 0 Å². The normalized spacial score (nSPS) is 38.2. The molecule has 0 aromatic carbocycles. The summed E-state index contributed by atoms with van der Waals surface area (Å²) in [7, 11) is 0. The van der Waals surface area contributed by atoms with Crippen molar-refractivity contribution in [1.82, 2.24) is 5.32 Å². The van der Waals surface area contributed by atoms with E-state index in [9.17, 15) is 0 Å². The van der Waals surface area contributed by atoms with Crippen LogP contribution in [0.25, 0.3) is 0 Å². The number of nitrogens with one attached hydrogen (secondary N) is 2. The monoisotopic (exact) mass is 248 g/mol. The maximum atomic E-state index is 6.02. The van der Waals surface area contributed by atoms with E-state index in [1.54, 1.807) is 5.57 Å². The molecule has 3 rings (SSSR count). The number of guanidine groups is 1. The molecule has 18 heavy (non-hydrogen) atoms. The van der Waals surface area contributed by atoms with Gasteiger partial charge in [0.25, 0.3) is 0 Å². The minimum Gasteiger partial charge on any atom is -0.291 e. The van der Waals surface area contributed by atoms with E-state index in [0.29, 0.717) is 12.0 Å². The second-order valence-electron chi connectivity index (χ2n) is 6.34. The molecular formula is C15H26N3+. The molecule has 100 valence electrons. The van der Waals surface area contributed by atoms with Crippen molar-refractivity contribution in [1.29, 1.82) is 0 Å². The number of unbranched alkanes of at least 4 members (excludes halogenated alkanes) is 1. The Bertz CT molecular complexity index is 397. The largest absolute Gasteiger partial charge is 0.346 e. The Balaban J connectivity index is 1.91. The predicted molar refractivity (Wildman–Crippen MR) is 73.6 cm³/mol. The molecule has 0 radical (unpaired) electrons. The van der Waals surface area contributed by atoms with Crippen LogP contribution in [0.15, 0.2) is 11.3 Å². The molecule has 3 nitrogen and oxygen atoms in total. The van der Waals surface area contributed by atoms with E-state index in [-0.39, 0.29) is 0 Å². The molecule has 0 saturated heterocycles. The van der Waals surface area contributed by atoms with E-state index >= 15 is 0 Å². The number of allylic oxidation sites excluding steroid dienone is 1. The molecule has 4 N–H and O–H groups in total. The molecule has 0 bridgehead atoms. The molecule has 0 spiro atoms. The summed E-state index contributed by atoms with van der Waals surface area (Å²) in [5, 5.41) is 3.47. The molecular weight excluding hydrogens is 222 g/mol. The van der Waals surface area contributed by atoms with Gasteiger partial charge in [0.15, 0.2) is 0 Å². The Morgan fingerprint density at radius 1 is 1.39 bits per heavy atom. The standard InChI is InChI=1S/C15H25N3/c1-3-4-5-11-9(2)8-10-6-7-12-13(10)14(11)18-15(16)17-12/h9-12H,3-8H2,1-2H3,(H3,16,17,18)/p+1/t9-,10+,11+,12+/m0/s1. The fraction of sp³-hybridized carbons (Fsp3) is 0.800. The third kappa shape index (κ3) is 1.84. The minimum absolute atomic E-state index is 0.530. The molecule has 1 heterocycles. The molecule has 0 amide bonds. The summed E-state index contributed by atoms with van der Waals surface area (Å²) < 4.78 is 0. The van der Waals surface area contributed by atoms with E-state index in [4.69, 9.17) is 5.73 Å². The Hall–Kier alpha value is -0.990. The van der Waals surface area contributed by atoms with Crippen LogP contribution in [0.1, 0.15) is 52.4 Å². The number of hydrogen-bond donors (Lipinski definition) is 3. The number of rotatable bonds is 3. The van der Waals surface area contributed by atoms with Crippen molar-refractivity contribution in [2.75, 3.05) is 0 Å². The third-order valence-electron chi connectivity index (χ3n) is 5.11. The molecule has 1 saturated carbocycles. The SMILES string of the molecule is CCCC[C@H]1C2=C3[C@H](CC[C@H]3[NH+]=C(N)N2)C[C@@H]1C. The first-order valence-electron chi connectivity index (χ1n) is 7.60. The van der Waals surface area contributed by atoms with Crippen molar-refractivity contribution in [2.45, 2.75) is 58.4 Å². The first-order chi connectivity index (χ1) is 8.70. The first kappa shape index (κ1) is 12.1. The lowest BCUT2D eigenvalue weighted by atomic mass is 9.72. The van der Waals surface area contributed by atoms with Crippen LogP contribution in [0.3, 0.4) is 0 Å². The summed E-state index contributed by atoms with van der Waals surface area (Å²) in [5.41, 5.74) is 9.18. The maximum Gasteiger partial charge on any atom is 0.346 e. The van der Waals surface area contributed by atoms with Gasteiger partial charge < -0.3 is 0 Å². The van der Waals surface area contributed by atoms with Crippen LogP contribution in [0.5, 0.6) is 0 Å². The highest BCUT2D eigenvalue weighted by molar-refractivity contribution is 5.75. The van der Waals surface area contributed by atoms with Crippen LogP contribution >= 0.6 is 0 Å². The fourth-order valence-electron chi connectivity index (χ4n) is 4.26. The summed E-state index contributed by atoms with van der Waals surface area (Å²) in [6.07, 6.45) is 7.92. The summed E-state index contributed by atoms with van der Waals surface area (Å²) in [6, 6.07) is 0.530. The van der Waals surface area contributed by atoms with Crippen molar-refractivity contribution >= 4 is 5.96 Å². The van der Waals surface area contributed by atoms with Crippen LogP contribution in [-0.2, 0) is 0 Å². The molecule has 0 aromatic heterocycles. The highest BCUT2D eigenvalue weighted by Crippen LogP contribution is 2.46. The van der Waals surface area contributed by atoms with Crippen molar-refractivity contribution in [3.63, 3.8) is 0 Å². The van der Waals surface area contributed by atoms with Gasteiger partial charge in [0.05, 0.1) is 11.7 Å². The van der Waals surface area contributed by atoms with Crippen LogP contribution in [-0.4, -0.2) is 12.0 Å². The minimum atomic E-state index is 0.530. The van der Waals surface area contributed by atoms with Crippen molar-refractivity contribution in [3.8, 4) is 0 Å². The van der Waals surface area contributed by atoms with Crippen molar-refractivity contribution < 1.29 is 4.99 Å². The average Bonchev–Trinajstić information content (AvgIpc) is 2.72. The van der Waals surface area contributed by atoms with Gasteiger partial charge in [-0.05, 0) is 37.5 Å². The van der Waals surface area contributed by atoms with Gasteiger partial charge in [-0.25, -0.2) is 5.32 Å². The van der Waals surface area contributed by atoms with Gasteiger partial charge in [0, 0.05) is 11.5 Å².